The maximum Gasteiger partial charge on any atom is 0.0406 e. The van der Waals surface area contributed by atoms with Crippen LogP contribution in [0.1, 0.15) is 52.3 Å². The summed E-state index contributed by atoms with van der Waals surface area (Å²) in [6.07, 6.45) is 5.36. The van der Waals surface area contributed by atoms with Crippen LogP contribution in [0.5, 0.6) is 0 Å². The highest BCUT2D eigenvalue weighted by atomic mass is 14.9. The minimum absolute atomic E-state index is 0.223. The van der Waals surface area contributed by atoms with Crippen molar-refractivity contribution in [2.45, 2.75) is 59.4 Å². The van der Waals surface area contributed by atoms with Crippen molar-refractivity contribution in [3.05, 3.63) is 29.6 Å². The van der Waals surface area contributed by atoms with Gasteiger partial charge in [0, 0.05) is 17.4 Å². The number of nitrogens with one attached hydrogen (secondary N) is 1. The van der Waals surface area contributed by atoms with E-state index >= 15 is 0 Å². The Bertz CT molecular complexity index is 335. The highest BCUT2D eigenvalue weighted by Crippen LogP contribution is 2.11. The SMILES string of the molecule is CCc1ccc(CC(C)CCNC(C)(C)C)nc1. The maximum atomic E-state index is 4.53. The van der Waals surface area contributed by atoms with Gasteiger partial charge in [-0.3, -0.25) is 4.98 Å². The first-order valence-corrected chi connectivity index (χ1v) is 7.09. The summed E-state index contributed by atoms with van der Waals surface area (Å²) in [6.45, 7) is 12.2. The van der Waals surface area contributed by atoms with E-state index in [1.165, 1.54) is 17.7 Å². The predicted octanol–water partition coefficient (Wildman–Crippen LogP) is 3.60. The molecule has 0 saturated carbocycles. The molecular weight excluding hydrogens is 220 g/mol. The lowest BCUT2D eigenvalue weighted by atomic mass is 10.00. The summed E-state index contributed by atoms with van der Waals surface area (Å²) < 4.78 is 0. The summed E-state index contributed by atoms with van der Waals surface area (Å²) >= 11 is 0. The van der Waals surface area contributed by atoms with Crippen molar-refractivity contribution in [2.24, 2.45) is 5.92 Å². The molecule has 0 spiro atoms. The predicted molar refractivity (Wildman–Crippen MR) is 78.9 cm³/mol. The summed E-state index contributed by atoms with van der Waals surface area (Å²) in [5.74, 6) is 0.680. The zero-order chi connectivity index (χ0) is 13.6. The fraction of sp³-hybridized carbons (Fsp3) is 0.688. The first-order valence-electron chi connectivity index (χ1n) is 7.09. The lowest BCUT2D eigenvalue weighted by Gasteiger charge is -2.21. The Morgan fingerprint density at radius 1 is 1.28 bits per heavy atom. The van der Waals surface area contributed by atoms with Gasteiger partial charge in [0.15, 0.2) is 0 Å². The summed E-state index contributed by atoms with van der Waals surface area (Å²) in [7, 11) is 0. The van der Waals surface area contributed by atoms with E-state index in [1.54, 1.807) is 0 Å². The van der Waals surface area contributed by atoms with Crippen molar-refractivity contribution >= 4 is 0 Å². The van der Waals surface area contributed by atoms with Gasteiger partial charge in [-0.05, 0) is 64.1 Å². The molecule has 1 unspecified atom stereocenters. The van der Waals surface area contributed by atoms with E-state index in [2.05, 4.69) is 57.1 Å². The van der Waals surface area contributed by atoms with E-state index in [9.17, 15) is 0 Å². The molecule has 18 heavy (non-hydrogen) atoms. The average Bonchev–Trinajstić information content (AvgIpc) is 2.28. The second kappa shape index (κ2) is 6.89. The standard InChI is InChI=1S/C16H28N2/c1-6-14-7-8-15(17-12-14)11-13(2)9-10-18-16(3,4)5/h7-8,12-13,18H,6,9-11H2,1-5H3. The average molecular weight is 248 g/mol. The Morgan fingerprint density at radius 2 is 2.00 bits per heavy atom. The molecule has 0 aliphatic heterocycles. The normalized spacial score (nSPS) is 13.6. The lowest BCUT2D eigenvalue weighted by Crippen LogP contribution is -2.37. The summed E-state index contributed by atoms with van der Waals surface area (Å²) in [5, 5.41) is 3.54. The maximum absolute atomic E-state index is 4.53. The molecule has 0 aliphatic rings. The minimum atomic E-state index is 0.223. The third-order valence-corrected chi connectivity index (χ3v) is 3.14. The molecule has 0 saturated heterocycles. The second-order valence-electron chi connectivity index (χ2n) is 6.29. The van der Waals surface area contributed by atoms with Crippen LogP contribution in [0, 0.1) is 5.92 Å². The zero-order valence-corrected chi connectivity index (χ0v) is 12.6. The van der Waals surface area contributed by atoms with Gasteiger partial charge in [-0.2, -0.15) is 0 Å². The molecule has 1 heterocycles. The quantitative estimate of drug-likeness (QED) is 0.832. The number of pyridine rings is 1. The Hall–Kier alpha value is -0.890. The number of aromatic nitrogens is 1. The second-order valence-corrected chi connectivity index (χ2v) is 6.29. The van der Waals surface area contributed by atoms with Crippen LogP contribution in [0.4, 0.5) is 0 Å². The number of aryl methyl sites for hydroxylation is 1. The van der Waals surface area contributed by atoms with E-state index in [4.69, 9.17) is 0 Å². The highest BCUT2D eigenvalue weighted by Gasteiger charge is 2.10. The van der Waals surface area contributed by atoms with Crippen LogP contribution in [-0.2, 0) is 12.8 Å². The molecule has 1 N–H and O–H groups in total. The van der Waals surface area contributed by atoms with Crippen LogP contribution >= 0.6 is 0 Å². The fourth-order valence-electron chi connectivity index (χ4n) is 1.94. The van der Waals surface area contributed by atoms with Crippen molar-refractivity contribution in [2.75, 3.05) is 6.54 Å². The third-order valence-electron chi connectivity index (χ3n) is 3.14. The zero-order valence-electron chi connectivity index (χ0n) is 12.6. The van der Waals surface area contributed by atoms with Crippen molar-refractivity contribution in [1.82, 2.24) is 10.3 Å². The number of hydrogen-bond donors (Lipinski definition) is 1. The van der Waals surface area contributed by atoms with Crippen LogP contribution < -0.4 is 5.32 Å². The van der Waals surface area contributed by atoms with Crippen LogP contribution in [0.25, 0.3) is 0 Å². The molecule has 0 aliphatic carbocycles. The summed E-state index contributed by atoms with van der Waals surface area (Å²) in [6, 6.07) is 4.37. The molecule has 1 rings (SSSR count). The molecule has 1 atom stereocenters. The smallest absolute Gasteiger partial charge is 0.0406 e. The van der Waals surface area contributed by atoms with E-state index in [0.29, 0.717) is 5.92 Å². The van der Waals surface area contributed by atoms with Crippen molar-refractivity contribution in [1.29, 1.82) is 0 Å². The summed E-state index contributed by atoms with van der Waals surface area (Å²) in [5.41, 5.74) is 2.76. The van der Waals surface area contributed by atoms with Gasteiger partial charge in [-0.1, -0.05) is 19.9 Å². The van der Waals surface area contributed by atoms with E-state index in [-0.39, 0.29) is 5.54 Å². The Morgan fingerprint density at radius 3 is 2.50 bits per heavy atom. The van der Waals surface area contributed by atoms with Gasteiger partial charge in [0.25, 0.3) is 0 Å². The molecule has 0 aromatic carbocycles. The van der Waals surface area contributed by atoms with E-state index in [0.717, 1.165) is 19.4 Å². The van der Waals surface area contributed by atoms with Crippen LogP contribution in [0.3, 0.4) is 0 Å². The van der Waals surface area contributed by atoms with Crippen molar-refractivity contribution < 1.29 is 0 Å². The monoisotopic (exact) mass is 248 g/mol. The van der Waals surface area contributed by atoms with Gasteiger partial charge in [0.05, 0.1) is 0 Å². The molecule has 1 aromatic heterocycles. The van der Waals surface area contributed by atoms with E-state index in [1.807, 2.05) is 6.20 Å². The van der Waals surface area contributed by atoms with Gasteiger partial charge in [-0.25, -0.2) is 0 Å². The summed E-state index contributed by atoms with van der Waals surface area (Å²) in [4.78, 5) is 4.53. The molecule has 0 fully saturated rings. The molecule has 0 amide bonds. The number of nitrogens with zero attached hydrogens (tertiary/aromatic N) is 1. The highest BCUT2D eigenvalue weighted by molar-refractivity contribution is 5.14. The number of hydrogen-bond acceptors (Lipinski definition) is 2. The topological polar surface area (TPSA) is 24.9 Å². The molecule has 0 radical (unpaired) electrons. The van der Waals surface area contributed by atoms with Gasteiger partial charge in [-0.15, -0.1) is 0 Å². The van der Waals surface area contributed by atoms with Gasteiger partial charge in [0.1, 0.15) is 0 Å². The minimum Gasteiger partial charge on any atom is -0.312 e. The molecule has 2 heteroatoms. The van der Waals surface area contributed by atoms with Gasteiger partial charge in [0.2, 0.25) is 0 Å². The van der Waals surface area contributed by atoms with Crippen molar-refractivity contribution in [3.8, 4) is 0 Å². The first-order chi connectivity index (χ1) is 8.40. The van der Waals surface area contributed by atoms with E-state index < -0.39 is 0 Å². The fourth-order valence-corrected chi connectivity index (χ4v) is 1.94. The van der Waals surface area contributed by atoms with Gasteiger partial charge < -0.3 is 5.32 Å². The molecular formula is C16H28N2. The lowest BCUT2D eigenvalue weighted by molar-refractivity contribution is 0.393. The Balaban J connectivity index is 2.32. The first kappa shape index (κ1) is 15.2. The largest absolute Gasteiger partial charge is 0.312 e. The Labute approximate surface area is 112 Å². The van der Waals surface area contributed by atoms with Crippen LogP contribution in [0.2, 0.25) is 0 Å². The van der Waals surface area contributed by atoms with Crippen LogP contribution in [-0.4, -0.2) is 17.1 Å². The molecule has 1 aromatic rings. The van der Waals surface area contributed by atoms with Crippen LogP contribution in [0.15, 0.2) is 18.3 Å². The number of rotatable bonds is 6. The molecule has 102 valence electrons. The van der Waals surface area contributed by atoms with Gasteiger partial charge >= 0.3 is 0 Å². The van der Waals surface area contributed by atoms with Crippen molar-refractivity contribution in [3.63, 3.8) is 0 Å². The molecule has 0 bridgehead atoms. The Kier molecular flexibility index (Phi) is 5.80. The molecule has 2 nitrogen and oxygen atoms in total. The third kappa shape index (κ3) is 6.15.